The molecule has 0 unspecified atom stereocenters. The molecule has 124 valence electrons. The fourth-order valence-electron chi connectivity index (χ4n) is 2.29. The average molecular weight is 324 g/mol. The maximum atomic E-state index is 5.76. The van der Waals surface area contributed by atoms with E-state index in [0.717, 1.165) is 22.6 Å². The van der Waals surface area contributed by atoms with Crippen molar-refractivity contribution in [2.24, 2.45) is 7.05 Å². The van der Waals surface area contributed by atoms with Crippen molar-refractivity contribution in [3.8, 4) is 17.0 Å². The summed E-state index contributed by atoms with van der Waals surface area (Å²) in [6, 6.07) is 7.65. The number of benzene rings is 1. The van der Waals surface area contributed by atoms with Crippen LogP contribution in [0.3, 0.4) is 0 Å². The molecule has 1 aromatic carbocycles. The molecule has 0 atom stereocenters. The molecule has 3 N–H and O–H groups in total. The molecule has 0 radical (unpaired) electrons. The Morgan fingerprint density at radius 3 is 2.58 bits per heavy atom. The first kappa shape index (κ1) is 15.8. The maximum Gasteiger partial charge on any atom is 0.234 e. The minimum atomic E-state index is 0.0385. The van der Waals surface area contributed by atoms with Gasteiger partial charge < -0.3 is 15.8 Å². The lowest BCUT2D eigenvalue weighted by Gasteiger charge is -2.12. The predicted molar refractivity (Wildman–Crippen MR) is 94.1 cm³/mol. The van der Waals surface area contributed by atoms with Crippen molar-refractivity contribution in [3.05, 3.63) is 42.9 Å². The monoisotopic (exact) mass is 324 g/mol. The number of nitrogens with two attached hydrogens (primary N) is 1. The topological polar surface area (TPSA) is 90.9 Å². The number of hydrogen-bond donors (Lipinski definition) is 2. The van der Waals surface area contributed by atoms with Crippen LogP contribution in [0.5, 0.6) is 5.88 Å². The molecule has 0 fully saturated rings. The summed E-state index contributed by atoms with van der Waals surface area (Å²) >= 11 is 0. The molecule has 7 heteroatoms. The molecule has 2 aromatic heterocycles. The van der Waals surface area contributed by atoms with Crippen LogP contribution in [-0.2, 0) is 7.05 Å². The second kappa shape index (κ2) is 6.57. The van der Waals surface area contributed by atoms with E-state index in [1.54, 1.807) is 23.3 Å². The minimum Gasteiger partial charge on any atom is -0.474 e. The minimum absolute atomic E-state index is 0.0385. The second-order valence-corrected chi connectivity index (χ2v) is 5.69. The van der Waals surface area contributed by atoms with Crippen LogP contribution < -0.4 is 15.8 Å². The number of aromatic nitrogens is 4. The maximum absolute atomic E-state index is 5.76. The van der Waals surface area contributed by atoms with Crippen molar-refractivity contribution in [3.63, 3.8) is 0 Å². The van der Waals surface area contributed by atoms with Gasteiger partial charge in [0, 0.05) is 18.3 Å². The Balaban J connectivity index is 1.91. The zero-order valence-electron chi connectivity index (χ0n) is 13.9. The van der Waals surface area contributed by atoms with E-state index in [4.69, 9.17) is 10.5 Å². The lowest BCUT2D eigenvalue weighted by molar-refractivity contribution is 0.232. The van der Waals surface area contributed by atoms with Crippen LogP contribution in [-0.4, -0.2) is 25.9 Å². The van der Waals surface area contributed by atoms with E-state index in [1.807, 2.05) is 45.2 Å². The van der Waals surface area contributed by atoms with E-state index in [0.29, 0.717) is 11.7 Å². The van der Waals surface area contributed by atoms with Crippen molar-refractivity contribution < 1.29 is 4.74 Å². The molecule has 0 saturated heterocycles. The van der Waals surface area contributed by atoms with E-state index >= 15 is 0 Å². The summed E-state index contributed by atoms with van der Waals surface area (Å²) in [5.74, 6) is 1.88. The lowest BCUT2D eigenvalue weighted by atomic mass is 10.1. The molecule has 2 heterocycles. The molecule has 3 rings (SSSR count). The fourth-order valence-corrected chi connectivity index (χ4v) is 2.29. The second-order valence-electron chi connectivity index (χ2n) is 5.69. The van der Waals surface area contributed by atoms with Crippen molar-refractivity contribution in [2.45, 2.75) is 20.0 Å². The fraction of sp³-hybridized carbons (Fsp3) is 0.235. The van der Waals surface area contributed by atoms with Crippen molar-refractivity contribution >= 4 is 17.3 Å². The zero-order chi connectivity index (χ0) is 17.1. The molecule has 24 heavy (non-hydrogen) atoms. The molecular weight excluding hydrogens is 304 g/mol. The molecule has 0 spiro atoms. The average Bonchev–Trinajstić information content (AvgIpc) is 2.89. The van der Waals surface area contributed by atoms with Gasteiger partial charge in [-0.25, -0.2) is 0 Å². The Morgan fingerprint density at radius 2 is 1.88 bits per heavy atom. The molecule has 7 nitrogen and oxygen atoms in total. The molecular formula is C17H20N6O. The third-order valence-electron chi connectivity index (χ3n) is 3.38. The number of ether oxygens (including phenoxy) is 1. The number of rotatable bonds is 5. The number of aryl methyl sites for hydroxylation is 1. The van der Waals surface area contributed by atoms with Gasteiger partial charge in [-0.05, 0) is 31.5 Å². The number of nitrogens with zero attached hydrogens (tertiary/aromatic N) is 4. The summed E-state index contributed by atoms with van der Waals surface area (Å²) in [4.78, 5) is 8.59. The van der Waals surface area contributed by atoms with Crippen molar-refractivity contribution in [1.82, 2.24) is 19.7 Å². The largest absolute Gasteiger partial charge is 0.474 e. The van der Waals surface area contributed by atoms with Crippen molar-refractivity contribution in [2.75, 3.05) is 11.1 Å². The van der Waals surface area contributed by atoms with E-state index in [2.05, 4.69) is 20.4 Å². The third kappa shape index (κ3) is 3.45. The van der Waals surface area contributed by atoms with E-state index in [1.165, 1.54) is 0 Å². The normalized spacial score (nSPS) is 10.8. The highest BCUT2D eigenvalue weighted by molar-refractivity contribution is 5.78. The SMILES string of the molecule is CC(C)Oc1cncc(Nc2c(-c3ccc(N)cc3)cnn2C)n1. The first-order valence-corrected chi connectivity index (χ1v) is 7.66. The van der Waals surface area contributed by atoms with Crippen LogP contribution in [0.25, 0.3) is 11.1 Å². The Morgan fingerprint density at radius 1 is 1.12 bits per heavy atom. The Kier molecular flexibility index (Phi) is 4.33. The Bertz CT molecular complexity index is 825. The van der Waals surface area contributed by atoms with Crippen LogP contribution in [0.4, 0.5) is 17.3 Å². The summed E-state index contributed by atoms with van der Waals surface area (Å²) < 4.78 is 7.34. The molecule has 0 bridgehead atoms. The van der Waals surface area contributed by atoms with E-state index < -0.39 is 0 Å². The van der Waals surface area contributed by atoms with Gasteiger partial charge in [-0.15, -0.1) is 0 Å². The molecule has 0 saturated carbocycles. The summed E-state index contributed by atoms with van der Waals surface area (Å²) in [5, 5.41) is 7.59. The van der Waals surface area contributed by atoms with E-state index in [9.17, 15) is 0 Å². The Hall–Kier alpha value is -3.09. The molecule has 0 amide bonds. The number of nitrogens with one attached hydrogen (secondary N) is 1. The number of anilines is 3. The zero-order valence-corrected chi connectivity index (χ0v) is 13.9. The molecule has 3 aromatic rings. The first-order chi connectivity index (χ1) is 11.5. The predicted octanol–water partition coefficient (Wildman–Crippen LogP) is 2.99. The summed E-state index contributed by atoms with van der Waals surface area (Å²) in [7, 11) is 1.87. The highest BCUT2D eigenvalue weighted by Crippen LogP contribution is 2.30. The van der Waals surface area contributed by atoms with Crippen molar-refractivity contribution in [1.29, 1.82) is 0 Å². The van der Waals surface area contributed by atoms with Gasteiger partial charge in [-0.1, -0.05) is 12.1 Å². The lowest BCUT2D eigenvalue weighted by Crippen LogP contribution is -2.08. The summed E-state index contributed by atoms with van der Waals surface area (Å²) in [6.45, 7) is 3.89. The van der Waals surface area contributed by atoms with Gasteiger partial charge in [0.05, 0.1) is 24.7 Å². The number of hydrogen-bond acceptors (Lipinski definition) is 6. The highest BCUT2D eigenvalue weighted by Gasteiger charge is 2.12. The summed E-state index contributed by atoms with van der Waals surface area (Å²) in [5.41, 5.74) is 8.45. The van der Waals surface area contributed by atoms with Gasteiger partial charge in [0.25, 0.3) is 0 Å². The van der Waals surface area contributed by atoms with Gasteiger partial charge in [0.1, 0.15) is 5.82 Å². The standard InChI is InChI=1S/C17H20N6O/c1-11(2)24-16-10-19-9-15(21-16)22-17-14(8-20-23(17)3)12-4-6-13(18)7-5-12/h4-11H,18H2,1-3H3,(H,21,22). The molecule has 0 aliphatic rings. The highest BCUT2D eigenvalue weighted by atomic mass is 16.5. The first-order valence-electron chi connectivity index (χ1n) is 7.66. The molecule has 0 aliphatic heterocycles. The van der Waals surface area contributed by atoms with E-state index in [-0.39, 0.29) is 6.10 Å². The Labute approximate surface area is 140 Å². The van der Waals surface area contributed by atoms with Gasteiger partial charge in [-0.3, -0.25) is 9.67 Å². The van der Waals surface area contributed by atoms with Crippen LogP contribution in [0, 0.1) is 0 Å². The van der Waals surface area contributed by atoms with Crippen LogP contribution >= 0.6 is 0 Å². The van der Waals surface area contributed by atoms with Gasteiger partial charge in [0.15, 0.2) is 5.82 Å². The van der Waals surface area contributed by atoms with Crippen LogP contribution in [0.2, 0.25) is 0 Å². The van der Waals surface area contributed by atoms with Crippen LogP contribution in [0.1, 0.15) is 13.8 Å². The number of nitrogen functional groups attached to an aromatic ring is 1. The smallest absolute Gasteiger partial charge is 0.234 e. The molecule has 0 aliphatic carbocycles. The summed E-state index contributed by atoms with van der Waals surface area (Å²) in [6.07, 6.45) is 5.08. The quantitative estimate of drug-likeness (QED) is 0.701. The van der Waals surface area contributed by atoms with Crippen LogP contribution in [0.15, 0.2) is 42.9 Å². The van der Waals surface area contributed by atoms with Gasteiger partial charge in [0.2, 0.25) is 5.88 Å². The van der Waals surface area contributed by atoms with Gasteiger partial charge in [-0.2, -0.15) is 10.1 Å². The third-order valence-corrected chi connectivity index (χ3v) is 3.38. The van der Waals surface area contributed by atoms with Gasteiger partial charge >= 0.3 is 0 Å².